The number of hydrogen-bond acceptors (Lipinski definition) is 22. The molecule has 8 rings (SSSR count). The number of hydrogen-bond donors (Lipinski definition) is 12. The Morgan fingerprint density at radius 3 is 1.84 bits per heavy atom. The van der Waals surface area contributed by atoms with Gasteiger partial charge in [0.25, 0.3) is 0 Å². The van der Waals surface area contributed by atoms with Crippen molar-refractivity contribution >= 4 is 11.9 Å². The Bertz CT molecular complexity index is 1960. The first-order valence-corrected chi connectivity index (χ1v) is 24.6. The first-order chi connectivity index (χ1) is 32.9. The van der Waals surface area contributed by atoms with E-state index in [1.165, 1.54) is 6.92 Å². The number of carbonyl (C=O) groups is 2. The molecule has 4 aliphatic carbocycles. The fourth-order valence-electron chi connectivity index (χ4n) is 13.8. The van der Waals surface area contributed by atoms with Crippen LogP contribution in [0.25, 0.3) is 0 Å². The standard InChI is InChI=1S/C48H74O22/c1-18-11-32(68-42(61)19(18)2)48(6,62)29-10-9-24-23-8-7-21-12-22(13-31(63-20(3)52)46(21,4)25(23)14-30(53)47(24,29)5)64-45-39(60)41(70-44-38(59)36(57)34(55)27(16-50)66-44)40(28(17-51)67-45)69-43-37(58)35(56)33(54)26(15-49)65-43/h7,22-41,43-45,49-51,53-60,62H,8-17H2,1-6H3/t22-,23+,24+,25+,26-,27-,28-,29+,30-,31+,32-,33-,34-,35+,36+,37-,38-,39-,40-,41-,43+,44+,45-,46+,47+,48-/m1/s1. The van der Waals surface area contributed by atoms with E-state index >= 15 is 0 Å². The van der Waals surface area contributed by atoms with E-state index in [1.54, 1.807) is 13.8 Å². The smallest absolute Gasteiger partial charge is 0.334 e. The number of aliphatic hydroxyl groups excluding tert-OH is 11. The zero-order chi connectivity index (χ0) is 51.1. The molecule has 6 fully saturated rings. The van der Waals surface area contributed by atoms with Crippen LogP contribution in [0.4, 0.5) is 0 Å². The zero-order valence-electron chi connectivity index (χ0n) is 40.4. The minimum absolute atomic E-state index is 0.00558. The average Bonchev–Trinajstić information content (AvgIpc) is 3.69. The van der Waals surface area contributed by atoms with Gasteiger partial charge >= 0.3 is 11.9 Å². The van der Waals surface area contributed by atoms with Crippen LogP contribution in [0.1, 0.15) is 86.5 Å². The monoisotopic (exact) mass is 1000 g/mol. The van der Waals surface area contributed by atoms with Crippen LogP contribution in [0.5, 0.6) is 0 Å². The highest BCUT2D eigenvalue weighted by atomic mass is 16.8. The number of rotatable bonds is 12. The molecule has 22 nitrogen and oxygen atoms in total. The summed E-state index contributed by atoms with van der Waals surface area (Å²) in [7, 11) is 0. The quantitative estimate of drug-likeness (QED) is 0.0700. The predicted molar refractivity (Wildman–Crippen MR) is 235 cm³/mol. The van der Waals surface area contributed by atoms with Gasteiger partial charge in [0.15, 0.2) is 18.9 Å². The number of cyclic esters (lactones) is 1. The van der Waals surface area contributed by atoms with Crippen LogP contribution in [0, 0.1) is 34.5 Å². The van der Waals surface area contributed by atoms with Crippen molar-refractivity contribution in [3.8, 4) is 0 Å². The van der Waals surface area contributed by atoms with Gasteiger partial charge in [-0.15, -0.1) is 0 Å². The third kappa shape index (κ3) is 9.12. The minimum Gasteiger partial charge on any atom is -0.462 e. The van der Waals surface area contributed by atoms with Gasteiger partial charge in [-0.3, -0.25) is 4.79 Å². The second-order valence-electron chi connectivity index (χ2n) is 21.7. The van der Waals surface area contributed by atoms with Crippen molar-refractivity contribution in [2.75, 3.05) is 19.8 Å². The highest BCUT2D eigenvalue weighted by molar-refractivity contribution is 5.89. The molecule has 398 valence electrons. The van der Waals surface area contributed by atoms with E-state index in [9.17, 15) is 70.9 Å². The van der Waals surface area contributed by atoms with E-state index in [2.05, 4.69) is 6.08 Å². The highest BCUT2D eigenvalue weighted by Gasteiger charge is 2.68. The third-order valence-corrected chi connectivity index (χ3v) is 18.0. The molecule has 8 aliphatic rings. The summed E-state index contributed by atoms with van der Waals surface area (Å²) in [6, 6.07) is 0. The van der Waals surface area contributed by atoms with Gasteiger partial charge in [0.05, 0.1) is 32.0 Å². The van der Waals surface area contributed by atoms with Crippen molar-refractivity contribution in [1.82, 2.24) is 0 Å². The molecule has 12 N–H and O–H groups in total. The highest BCUT2D eigenvalue weighted by Crippen LogP contribution is 2.68. The Morgan fingerprint density at radius 2 is 1.29 bits per heavy atom. The van der Waals surface area contributed by atoms with Crippen LogP contribution in [-0.2, 0) is 47.5 Å². The Balaban J connectivity index is 1.05. The molecule has 0 unspecified atom stereocenters. The van der Waals surface area contributed by atoms with E-state index in [4.69, 9.17) is 37.9 Å². The Morgan fingerprint density at radius 1 is 0.729 bits per heavy atom. The summed E-state index contributed by atoms with van der Waals surface area (Å²) in [5, 5.41) is 131. The van der Waals surface area contributed by atoms with Gasteiger partial charge in [-0.05, 0) is 76.5 Å². The first-order valence-electron chi connectivity index (χ1n) is 24.6. The fraction of sp³-hybridized carbons (Fsp3) is 0.875. The van der Waals surface area contributed by atoms with Gasteiger partial charge in [0.2, 0.25) is 0 Å². The lowest BCUT2D eigenvalue weighted by atomic mass is 9.45. The second-order valence-corrected chi connectivity index (χ2v) is 21.7. The maximum absolute atomic E-state index is 13.0. The van der Waals surface area contributed by atoms with Gasteiger partial charge in [-0.1, -0.05) is 31.1 Å². The molecule has 70 heavy (non-hydrogen) atoms. The molecular formula is C48H74O22. The van der Waals surface area contributed by atoms with E-state index in [0.29, 0.717) is 37.7 Å². The lowest BCUT2D eigenvalue weighted by molar-refractivity contribution is -0.390. The van der Waals surface area contributed by atoms with Crippen molar-refractivity contribution in [2.24, 2.45) is 34.5 Å². The van der Waals surface area contributed by atoms with Gasteiger partial charge < -0.3 is 99.2 Å². The van der Waals surface area contributed by atoms with Crippen LogP contribution in [0.2, 0.25) is 0 Å². The summed E-state index contributed by atoms with van der Waals surface area (Å²) in [5.41, 5.74) is -0.759. The maximum Gasteiger partial charge on any atom is 0.334 e. The number of ether oxygens (including phenoxy) is 8. The first kappa shape index (κ1) is 54.0. The number of fused-ring (bicyclic) bond motifs is 5. The molecule has 0 radical (unpaired) electrons. The zero-order valence-corrected chi connectivity index (χ0v) is 40.4. The van der Waals surface area contributed by atoms with Crippen LogP contribution in [0.15, 0.2) is 22.8 Å². The van der Waals surface area contributed by atoms with Gasteiger partial charge in [0.1, 0.15) is 91.1 Å². The summed E-state index contributed by atoms with van der Waals surface area (Å²) in [4.78, 5) is 25.8. The van der Waals surface area contributed by atoms with Crippen LogP contribution in [0.3, 0.4) is 0 Å². The number of carbonyl (C=O) groups excluding carboxylic acids is 2. The summed E-state index contributed by atoms with van der Waals surface area (Å²) in [6.45, 7) is 8.13. The molecule has 0 bridgehead atoms. The third-order valence-electron chi connectivity index (χ3n) is 18.0. The fourth-order valence-corrected chi connectivity index (χ4v) is 13.8. The summed E-state index contributed by atoms with van der Waals surface area (Å²) < 4.78 is 47.8. The molecule has 0 aromatic heterocycles. The molecule has 3 saturated carbocycles. The van der Waals surface area contributed by atoms with Crippen LogP contribution in [-0.4, -0.2) is 215 Å². The van der Waals surface area contributed by atoms with E-state index in [-0.39, 0.29) is 30.6 Å². The molecule has 4 heterocycles. The molecule has 0 aromatic carbocycles. The number of aliphatic hydroxyl groups is 12. The van der Waals surface area contributed by atoms with Crippen LogP contribution >= 0.6 is 0 Å². The van der Waals surface area contributed by atoms with E-state index < -0.39 is 171 Å². The van der Waals surface area contributed by atoms with Crippen molar-refractivity contribution in [1.29, 1.82) is 0 Å². The van der Waals surface area contributed by atoms with Gasteiger partial charge in [0, 0.05) is 36.2 Å². The lowest BCUT2D eigenvalue weighted by Crippen LogP contribution is -2.67. The van der Waals surface area contributed by atoms with Crippen molar-refractivity contribution in [2.45, 2.75) is 209 Å². The van der Waals surface area contributed by atoms with Gasteiger partial charge in [-0.2, -0.15) is 0 Å². The predicted octanol–water partition coefficient (Wildman–Crippen LogP) is -2.69. The maximum atomic E-state index is 13.0. The molecule has 26 atom stereocenters. The Labute approximate surface area is 405 Å². The molecule has 22 heteroatoms. The molecule has 4 aliphatic heterocycles. The number of esters is 2. The van der Waals surface area contributed by atoms with Crippen molar-refractivity contribution in [3.05, 3.63) is 22.8 Å². The molecular weight excluding hydrogens is 929 g/mol. The summed E-state index contributed by atoms with van der Waals surface area (Å²) in [6.07, 6.45) is -24.7. The van der Waals surface area contributed by atoms with E-state index in [1.807, 2.05) is 20.8 Å². The lowest BCUT2D eigenvalue weighted by Gasteiger charge is -2.62. The SMILES string of the molecule is CC(=O)O[C@H]1C[C@H](O[C@@H]2O[C@H](CO)[C@@H](O[C@@H]3O[C@H](CO)[C@@H](O)[C@H](O)[C@H]3O)[C@H](O[C@@H]3O[C@H](CO)[C@@H](O)[C@H](O)[C@H]3O)[C@H]2O)CC2=CC[C@@H]3[C@H](C[C@@H](O)[C@]4(C)[C@@H]([C@@](C)(O)[C@H]5CC(C)=C(C)C(=O)O5)CC[C@@H]34)[C@]21C. The van der Waals surface area contributed by atoms with E-state index in [0.717, 1.165) is 11.1 Å². The van der Waals surface area contributed by atoms with Crippen molar-refractivity contribution < 1.29 is 109 Å². The Hall–Kier alpha value is -2.30. The molecule has 3 saturated heterocycles. The minimum atomic E-state index is -1.97. The molecule has 0 spiro atoms. The second kappa shape index (κ2) is 20.4. The largest absolute Gasteiger partial charge is 0.462 e. The number of allylic oxidation sites excluding steroid dienone is 1. The molecule has 0 aromatic rings. The van der Waals surface area contributed by atoms with Crippen molar-refractivity contribution in [3.63, 3.8) is 0 Å². The normalized spacial score (nSPS) is 50.5. The summed E-state index contributed by atoms with van der Waals surface area (Å²) in [5.74, 6) is -1.68. The summed E-state index contributed by atoms with van der Waals surface area (Å²) >= 11 is 0. The topological polar surface area (TPSA) is 351 Å². The van der Waals surface area contributed by atoms with Crippen LogP contribution < -0.4 is 0 Å². The molecule has 0 amide bonds. The van der Waals surface area contributed by atoms with Gasteiger partial charge in [-0.25, -0.2) is 4.79 Å². The average molecular weight is 1000 g/mol. The Kier molecular flexibility index (Phi) is 15.8.